The van der Waals surface area contributed by atoms with Crippen LogP contribution in [-0.4, -0.2) is 14.2 Å². The van der Waals surface area contributed by atoms with Gasteiger partial charge in [-0.25, -0.2) is 0 Å². The van der Waals surface area contributed by atoms with Gasteiger partial charge in [0.15, 0.2) is 0 Å². The normalized spacial score (nSPS) is 9.33. The Kier molecular flexibility index (Phi) is 37.0. The molecule has 2 atom stereocenters. The van der Waals surface area contributed by atoms with Gasteiger partial charge in [0.25, 0.3) is 0 Å². The molecule has 0 aromatic rings. The third kappa shape index (κ3) is 40.2. The Balaban J connectivity index is -0.0000000457. The molecule has 2 unspecified atom stereocenters. The molecule has 0 aliphatic rings. The topological polar surface area (TPSA) is 98.7 Å². The summed E-state index contributed by atoms with van der Waals surface area (Å²) in [6.07, 6.45) is 0. The molecule has 0 N–H and O–H groups in total. The standard InChI is InChI=1S/2CH3O3P.2Na/c2*1-4-5(2)3;;/h2*1H3;;/q;;2*+1. The van der Waals surface area contributed by atoms with Gasteiger partial charge in [0.1, 0.15) is 0 Å². The SMILES string of the molecule is CO[P+](=O)[O-].CO[P+](=O)[O-].[Na+].[Na+]. The molecule has 0 saturated carbocycles. The minimum absolute atomic E-state index is 0. The van der Waals surface area contributed by atoms with Crippen LogP contribution in [0.5, 0.6) is 0 Å². The second-order valence-corrected chi connectivity index (χ2v) is 2.44. The Hall–Kier alpha value is 2.04. The second-order valence-electron chi connectivity index (χ2n) is 0.812. The number of hydrogen-bond donors (Lipinski definition) is 0. The zero-order valence-corrected chi connectivity index (χ0v) is 13.1. The van der Waals surface area contributed by atoms with E-state index >= 15 is 0 Å². The van der Waals surface area contributed by atoms with E-state index in [4.69, 9.17) is 0 Å². The van der Waals surface area contributed by atoms with Gasteiger partial charge >= 0.3 is 75.6 Å². The van der Waals surface area contributed by atoms with Crippen LogP contribution >= 0.6 is 16.5 Å². The van der Waals surface area contributed by atoms with Gasteiger partial charge in [0.05, 0.1) is 14.2 Å². The van der Waals surface area contributed by atoms with Crippen molar-refractivity contribution >= 4 is 16.5 Å². The molecule has 0 bridgehead atoms. The van der Waals surface area contributed by atoms with Gasteiger partial charge in [0, 0.05) is 0 Å². The van der Waals surface area contributed by atoms with E-state index < -0.39 is 16.5 Å². The van der Waals surface area contributed by atoms with Gasteiger partial charge in [-0.3, -0.25) is 0 Å². The molecule has 0 spiro atoms. The van der Waals surface area contributed by atoms with Gasteiger partial charge in [-0.2, -0.15) is 9.05 Å². The van der Waals surface area contributed by atoms with Crippen LogP contribution in [0.2, 0.25) is 0 Å². The second kappa shape index (κ2) is 18.8. The van der Waals surface area contributed by atoms with Gasteiger partial charge in [-0.1, -0.05) is 0 Å². The first-order valence-electron chi connectivity index (χ1n) is 1.91. The Morgan fingerprint density at radius 1 is 0.917 bits per heavy atom. The van der Waals surface area contributed by atoms with Crippen LogP contribution < -0.4 is 68.9 Å². The smallest absolute Gasteiger partial charge is 0.566 e. The fourth-order valence-electron chi connectivity index (χ4n) is 0. The number of hydrogen-bond acceptors (Lipinski definition) is 6. The fraction of sp³-hybridized carbons (Fsp3) is 1.00. The van der Waals surface area contributed by atoms with Gasteiger partial charge in [-0.15, -0.1) is 0 Å². The molecule has 0 aliphatic carbocycles. The molecule has 0 amide bonds. The van der Waals surface area contributed by atoms with Crippen molar-refractivity contribution in [3.8, 4) is 0 Å². The summed E-state index contributed by atoms with van der Waals surface area (Å²) >= 11 is 0. The van der Waals surface area contributed by atoms with Crippen molar-refractivity contribution in [3.05, 3.63) is 0 Å². The van der Waals surface area contributed by atoms with E-state index in [0.717, 1.165) is 14.2 Å². The molecule has 12 heavy (non-hydrogen) atoms. The van der Waals surface area contributed by atoms with Crippen LogP contribution in [-0.2, 0) is 18.2 Å². The molecule has 0 saturated heterocycles. The summed E-state index contributed by atoms with van der Waals surface area (Å²) < 4.78 is 25.8. The Bertz CT molecular complexity index is 106. The summed E-state index contributed by atoms with van der Waals surface area (Å²) in [6, 6.07) is 0. The van der Waals surface area contributed by atoms with E-state index in [1.165, 1.54) is 0 Å². The molecule has 10 heteroatoms. The van der Waals surface area contributed by atoms with Crippen LogP contribution in [0, 0.1) is 0 Å². The predicted molar refractivity (Wildman–Crippen MR) is 29.2 cm³/mol. The third-order valence-electron chi connectivity index (χ3n) is 0.298. The van der Waals surface area contributed by atoms with Crippen LogP contribution in [0.25, 0.3) is 0 Å². The van der Waals surface area contributed by atoms with E-state index in [2.05, 4.69) is 9.05 Å². The Labute approximate surface area is 117 Å². The molecule has 0 aliphatic heterocycles. The Morgan fingerprint density at radius 2 is 1.00 bits per heavy atom. The van der Waals surface area contributed by atoms with Crippen molar-refractivity contribution in [3.63, 3.8) is 0 Å². The van der Waals surface area contributed by atoms with Crippen molar-refractivity contribution in [1.82, 2.24) is 0 Å². The van der Waals surface area contributed by atoms with Crippen LogP contribution in [0.3, 0.4) is 0 Å². The maximum Gasteiger partial charge on any atom is 1.00 e. The maximum absolute atomic E-state index is 9.18. The molecule has 0 aromatic heterocycles. The monoisotopic (exact) mass is 234 g/mol. The molecular formula is C2H6Na2O6P2+2. The molecular weight excluding hydrogens is 228 g/mol. The number of rotatable bonds is 2. The molecule has 0 aromatic carbocycles. The zero-order chi connectivity index (χ0) is 8.57. The predicted octanol–water partition coefficient (Wildman–Crippen LogP) is -6.69. The fourth-order valence-corrected chi connectivity index (χ4v) is 0. The van der Waals surface area contributed by atoms with E-state index in [1.807, 2.05) is 0 Å². The Morgan fingerprint density at radius 3 is 1.00 bits per heavy atom. The summed E-state index contributed by atoms with van der Waals surface area (Å²) in [7, 11) is -2.99. The average molecular weight is 234 g/mol. The first-order valence-corrected chi connectivity index (χ1v) is 4.10. The van der Waals surface area contributed by atoms with Crippen molar-refractivity contribution in [2.24, 2.45) is 0 Å². The quantitative estimate of drug-likeness (QED) is 0.348. The van der Waals surface area contributed by atoms with Crippen LogP contribution in [0.4, 0.5) is 0 Å². The van der Waals surface area contributed by atoms with Crippen molar-refractivity contribution < 1.29 is 87.1 Å². The minimum Gasteiger partial charge on any atom is -0.566 e. The van der Waals surface area contributed by atoms with Crippen molar-refractivity contribution in [1.29, 1.82) is 0 Å². The maximum atomic E-state index is 9.18. The molecule has 0 heterocycles. The first-order chi connectivity index (χ1) is 4.54. The largest absolute Gasteiger partial charge is 1.00 e. The third-order valence-corrected chi connectivity index (χ3v) is 0.894. The van der Waals surface area contributed by atoms with E-state index in [9.17, 15) is 18.9 Å². The molecule has 6 nitrogen and oxygen atoms in total. The summed E-state index contributed by atoms with van der Waals surface area (Å²) in [6.45, 7) is 0. The van der Waals surface area contributed by atoms with Gasteiger partial charge in [-0.05, 0) is 9.13 Å². The van der Waals surface area contributed by atoms with Gasteiger partial charge in [0.2, 0.25) is 0 Å². The molecule has 60 valence electrons. The van der Waals surface area contributed by atoms with E-state index in [1.54, 1.807) is 0 Å². The minimum atomic E-state index is -2.60. The summed E-state index contributed by atoms with van der Waals surface area (Å²) in [4.78, 5) is 18.4. The summed E-state index contributed by atoms with van der Waals surface area (Å²) in [5, 5.41) is 0. The molecule has 0 fully saturated rings. The van der Waals surface area contributed by atoms with E-state index in [0.29, 0.717) is 0 Å². The van der Waals surface area contributed by atoms with Gasteiger partial charge < -0.3 is 9.79 Å². The zero-order valence-electron chi connectivity index (χ0n) is 7.34. The van der Waals surface area contributed by atoms with E-state index in [-0.39, 0.29) is 59.1 Å². The van der Waals surface area contributed by atoms with Crippen molar-refractivity contribution in [2.75, 3.05) is 14.2 Å². The van der Waals surface area contributed by atoms with Crippen molar-refractivity contribution in [2.45, 2.75) is 0 Å². The first kappa shape index (κ1) is 23.7. The molecule has 0 radical (unpaired) electrons. The van der Waals surface area contributed by atoms with Crippen LogP contribution in [0.1, 0.15) is 0 Å². The summed E-state index contributed by atoms with van der Waals surface area (Å²) in [5.41, 5.74) is 0. The average Bonchev–Trinajstić information content (AvgIpc) is 1.89. The summed E-state index contributed by atoms with van der Waals surface area (Å²) in [5.74, 6) is 0. The molecule has 0 rings (SSSR count). The van der Waals surface area contributed by atoms with Crippen LogP contribution in [0.15, 0.2) is 0 Å².